The summed E-state index contributed by atoms with van der Waals surface area (Å²) >= 11 is 6.31. The van der Waals surface area contributed by atoms with E-state index in [1.165, 1.54) is 7.11 Å². The normalized spacial score (nSPS) is 26.3. The van der Waals surface area contributed by atoms with Crippen LogP contribution in [0.25, 0.3) is 0 Å². The predicted molar refractivity (Wildman–Crippen MR) is 170 cm³/mol. The van der Waals surface area contributed by atoms with Crippen LogP contribution in [0.15, 0.2) is 48.6 Å². The molecule has 0 aromatic heterocycles. The molecule has 9 nitrogen and oxygen atoms in total. The number of benzene rings is 2. The Morgan fingerprint density at radius 3 is 2.68 bits per heavy atom. The summed E-state index contributed by atoms with van der Waals surface area (Å²) in [5.74, 6) is -0.106. The zero-order valence-corrected chi connectivity index (χ0v) is 26.9. The fourth-order valence-electron chi connectivity index (χ4n) is 6.43. The molecule has 0 saturated heterocycles. The maximum atomic E-state index is 13.4. The van der Waals surface area contributed by atoms with Crippen molar-refractivity contribution in [2.75, 3.05) is 32.2 Å². The van der Waals surface area contributed by atoms with Gasteiger partial charge in [-0.2, -0.15) is 0 Å². The number of fused-ring (bicyclic) bond motifs is 3. The lowest BCUT2D eigenvalue weighted by Crippen LogP contribution is -2.44. The molecule has 1 aliphatic carbocycles. The Morgan fingerprint density at radius 2 is 1.93 bits per heavy atom. The molecule has 44 heavy (non-hydrogen) atoms. The number of allylic oxidation sites excluding steroid dienone is 1. The number of nitrogens with one attached hydrogen (secondary N) is 1. The molecule has 4 atom stereocenters. The third-order valence-corrected chi connectivity index (χ3v) is 11.1. The Morgan fingerprint density at radius 1 is 1.09 bits per heavy atom. The average Bonchev–Trinajstić information content (AvgIpc) is 3.02. The van der Waals surface area contributed by atoms with Crippen molar-refractivity contribution in [1.29, 1.82) is 0 Å². The van der Waals surface area contributed by atoms with Gasteiger partial charge in [0.25, 0.3) is 5.91 Å². The number of nitrogens with zero attached hydrogens (tertiary/aromatic N) is 1. The lowest BCUT2D eigenvalue weighted by molar-refractivity contribution is -0.140. The van der Waals surface area contributed by atoms with Gasteiger partial charge >= 0.3 is 5.97 Å². The first-order valence-corrected chi connectivity index (χ1v) is 17.2. The largest absolute Gasteiger partial charge is 0.487 e. The van der Waals surface area contributed by atoms with Gasteiger partial charge in [-0.05, 0) is 98.2 Å². The molecule has 1 amide bonds. The zero-order chi connectivity index (χ0) is 31.3. The summed E-state index contributed by atoms with van der Waals surface area (Å²) in [5.41, 5.74) is 3.17. The molecule has 1 N–H and O–H groups in total. The first-order chi connectivity index (χ1) is 21.2. The van der Waals surface area contributed by atoms with Crippen LogP contribution in [0.3, 0.4) is 0 Å². The quantitative estimate of drug-likeness (QED) is 0.347. The standard InChI is InChI=1S/C33H41ClN2O7S/c1-41-30-9-4-3-8-27(19-32(37)42-2)44(39,40)35-33(38)23-12-15-31-29(18-23)36(20-24-11-14-28(24)30)16-6-5-7-22-17-26(34)13-10-25(22)21-43-31/h4,9-10,12-13,15,17-18,24,27-28,30H,3,5-8,11,14,16,19-21H2,1-2H3,(H,35,38)/b9-4+/t24-,27+,28+,30-/m0/s1. The molecule has 0 spiro atoms. The molecule has 1 saturated carbocycles. The smallest absolute Gasteiger partial charge is 0.306 e. The number of halogens is 1. The van der Waals surface area contributed by atoms with Gasteiger partial charge in [-0.15, -0.1) is 0 Å². The van der Waals surface area contributed by atoms with Crippen LogP contribution in [0.4, 0.5) is 5.69 Å². The molecular weight excluding hydrogens is 604 g/mol. The van der Waals surface area contributed by atoms with Gasteiger partial charge in [-0.25, -0.2) is 13.1 Å². The van der Waals surface area contributed by atoms with Crippen molar-refractivity contribution < 1.29 is 32.2 Å². The highest BCUT2D eigenvalue weighted by Crippen LogP contribution is 2.41. The van der Waals surface area contributed by atoms with Crippen molar-refractivity contribution in [3.05, 3.63) is 70.3 Å². The molecule has 238 valence electrons. The molecule has 2 aromatic carbocycles. The van der Waals surface area contributed by atoms with Gasteiger partial charge in [0, 0.05) is 30.8 Å². The fourth-order valence-corrected chi connectivity index (χ4v) is 7.97. The lowest BCUT2D eigenvalue weighted by atomic mass is 9.70. The highest BCUT2D eigenvalue weighted by atomic mass is 35.5. The summed E-state index contributed by atoms with van der Waals surface area (Å²) < 4.78 is 46.1. The Bertz CT molecular complexity index is 1490. The molecule has 2 aliphatic heterocycles. The SMILES string of the molecule is COC(=O)C[C@H]1CC/C=C/[C@H](OC)[C@@H]2CC[C@H]2CN2CCCCc3cc(Cl)ccc3COc3ccc(cc32)C(=O)NS1(=O)=O. The van der Waals surface area contributed by atoms with Crippen LogP contribution < -0.4 is 14.4 Å². The van der Waals surface area contributed by atoms with Crippen molar-refractivity contribution in [1.82, 2.24) is 4.72 Å². The first kappa shape index (κ1) is 32.3. The number of esters is 1. The number of carbonyl (C=O) groups excluding carboxylic acids is 2. The molecule has 3 aliphatic rings. The fraction of sp³-hybridized carbons (Fsp3) is 0.515. The molecule has 2 heterocycles. The number of aryl methyl sites for hydroxylation is 1. The molecule has 0 unspecified atom stereocenters. The van der Waals surface area contributed by atoms with Crippen LogP contribution in [0.2, 0.25) is 5.02 Å². The van der Waals surface area contributed by atoms with Crippen molar-refractivity contribution in [2.45, 2.75) is 69.3 Å². The summed E-state index contributed by atoms with van der Waals surface area (Å²) in [6.07, 6.45) is 8.86. The van der Waals surface area contributed by atoms with E-state index in [9.17, 15) is 18.0 Å². The summed E-state index contributed by atoms with van der Waals surface area (Å²) in [6, 6.07) is 10.9. The van der Waals surface area contributed by atoms with Gasteiger partial charge in [-0.3, -0.25) is 9.59 Å². The number of carbonyl (C=O) groups is 2. The zero-order valence-electron chi connectivity index (χ0n) is 25.3. The Hall–Kier alpha value is -3.08. The summed E-state index contributed by atoms with van der Waals surface area (Å²) in [7, 11) is -1.28. The predicted octanol–water partition coefficient (Wildman–Crippen LogP) is 5.44. The number of amides is 1. The number of ether oxygens (including phenoxy) is 3. The minimum Gasteiger partial charge on any atom is -0.487 e. The van der Waals surface area contributed by atoms with Gasteiger partial charge < -0.3 is 19.1 Å². The topological polar surface area (TPSA) is 111 Å². The minimum atomic E-state index is -4.20. The molecule has 2 bridgehead atoms. The molecule has 5 rings (SSSR count). The lowest BCUT2D eigenvalue weighted by Gasteiger charge is -2.43. The van der Waals surface area contributed by atoms with E-state index in [1.807, 2.05) is 30.4 Å². The third-order valence-electron chi connectivity index (χ3n) is 9.14. The van der Waals surface area contributed by atoms with Crippen molar-refractivity contribution in [3.8, 4) is 5.75 Å². The van der Waals surface area contributed by atoms with E-state index in [1.54, 1.807) is 25.3 Å². The second-order valence-electron chi connectivity index (χ2n) is 11.9. The second kappa shape index (κ2) is 14.3. The highest BCUT2D eigenvalue weighted by Gasteiger charge is 2.38. The van der Waals surface area contributed by atoms with E-state index in [0.717, 1.165) is 62.0 Å². The van der Waals surface area contributed by atoms with Crippen molar-refractivity contribution in [2.24, 2.45) is 11.8 Å². The van der Waals surface area contributed by atoms with E-state index in [-0.39, 0.29) is 24.5 Å². The number of anilines is 1. The van der Waals surface area contributed by atoms with E-state index < -0.39 is 27.1 Å². The van der Waals surface area contributed by atoms with Gasteiger partial charge in [0.15, 0.2) is 0 Å². The number of sulfonamides is 1. The molecule has 11 heteroatoms. The summed E-state index contributed by atoms with van der Waals surface area (Å²) in [4.78, 5) is 27.8. The minimum absolute atomic E-state index is 0.109. The highest BCUT2D eigenvalue weighted by molar-refractivity contribution is 7.90. The molecular formula is C33H41ClN2O7S. The second-order valence-corrected chi connectivity index (χ2v) is 14.3. The van der Waals surface area contributed by atoms with Crippen LogP contribution in [0.1, 0.15) is 66.4 Å². The van der Waals surface area contributed by atoms with E-state index in [2.05, 4.69) is 9.62 Å². The van der Waals surface area contributed by atoms with Gasteiger partial charge in [0.05, 0.1) is 30.6 Å². The molecule has 0 radical (unpaired) electrons. The van der Waals surface area contributed by atoms with Crippen LogP contribution in [0.5, 0.6) is 5.75 Å². The number of methoxy groups -OCH3 is 2. The van der Waals surface area contributed by atoms with Gasteiger partial charge in [-0.1, -0.05) is 29.8 Å². The monoisotopic (exact) mass is 644 g/mol. The van der Waals surface area contributed by atoms with E-state index in [4.69, 9.17) is 25.8 Å². The maximum absolute atomic E-state index is 13.4. The Balaban J connectivity index is 1.54. The van der Waals surface area contributed by atoms with Crippen LogP contribution in [0, 0.1) is 11.8 Å². The van der Waals surface area contributed by atoms with Gasteiger partial charge in [0.2, 0.25) is 10.0 Å². The number of rotatable bonds is 3. The molecule has 1 fully saturated rings. The average molecular weight is 645 g/mol. The maximum Gasteiger partial charge on any atom is 0.306 e. The Labute approximate surface area is 264 Å². The Kier molecular flexibility index (Phi) is 10.5. The van der Waals surface area contributed by atoms with Crippen molar-refractivity contribution >= 4 is 39.2 Å². The first-order valence-electron chi connectivity index (χ1n) is 15.3. The van der Waals surface area contributed by atoms with Crippen molar-refractivity contribution in [3.63, 3.8) is 0 Å². The molecule has 2 aromatic rings. The number of hydrogen-bond acceptors (Lipinski definition) is 8. The van der Waals surface area contributed by atoms with Crippen LogP contribution in [-0.2, 0) is 37.3 Å². The van der Waals surface area contributed by atoms with Gasteiger partial charge in [0.1, 0.15) is 12.4 Å². The third kappa shape index (κ3) is 7.58. The summed E-state index contributed by atoms with van der Waals surface area (Å²) in [5, 5.41) is -0.440. The van der Waals surface area contributed by atoms with Crippen LogP contribution in [-0.4, -0.2) is 59.0 Å². The van der Waals surface area contributed by atoms with E-state index >= 15 is 0 Å². The van der Waals surface area contributed by atoms with Crippen LogP contribution >= 0.6 is 11.6 Å². The summed E-state index contributed by atoms with van der Waals surface area (Å²) in [6.45, 7) is 1.84. The van der Waals surface area contributed by atoms with E-state index in [0.29, 0.717) is 35.6 Å². The number of hydrogen-bond donors (Lipinski definition) is 1.